The molecule has 0 N–H and O–H groups in total. The van der Waals surface area contributed by atoms with Gasteiger partial charge in [0.15, 0.2) is 5.78 Å². The van der Waals surface area contributed by atoms with E-state index in [0.29, 0.717) is 24.2 Å². The molecule has 0 bridgehead atoms. The van der Waals surface area contributed by atoms with Gasteiger partial charge in [0.1, 0.15) is 5.75 Å². The van der Waals surface area contributed by atoms with Crippen LogP contribution in [0.1, 0.15) is 60.8 Å². The lowest BCUT2D eigenvalue weighted by Gasteiger charge is -2.25. The van der Waals surface area contributed by atoms with Crippen molar-refractivity contribution < 1.29 is 9.53 Å². The van der Waals surface area contributed by atoms with Crippen LogP contribution in [0.5, 0.6) is 5.75 Å². The van der Waals surface area contributed by atoms with E-state index in [9.17, 15) is 4.79 Å². The summed E-state index contributed by atoms with van der Waals surface area (Å²) in [5.74, 6) is 2.47. The molecule has 1 atom stereocenters. The van der Waals surface area contributed by atoms with Gasteiger partial charge in [0.25, 0.3) is 0 Å². The molecule has 1 fully saturated rings. The molecule has 1 aromatic heterocycles. The smallest absolute Gasteiger partial charge is 0.166 e. The van der Waals surface area contributed by atoms with E-state index in [4.69, 9.17) is 9.84 Å². The minimum atomic E-state index is 0.283. The molecule has 1 unspecified atom stereocenters. The number of hydrogen-bond acceptors (Lipinski definition) is 3. The number of methoxy groups -OCH3 is 1. The molecule has 1 saturated carbocycles. The molecule has 0 aliphatic heterocycles. The van der Waals surface area contributed by atoms with Crippen molar-refractivity contribution in [3.05, 3.63) is 41.2 Å². The van der Waals surface area contributed by atoms with Gasteiger partial charge in [-0.25, -0.2) is 4.68 Å². The number of rotatable bonds is 4. The predicted octanol–water partition coefficient (Wildman–Crippen LogP) is 4.16. The Morgan fingerprint density at radius 3 is 2.71 bits per heavy atom. The summed E-state index contributed by atoms with van der Waals surface area (Å²) >= 11 is 0. The summed E-state index contributed by atoms with van der Waals surface area (Å²) in [6, 6.07) is 7.94. The number of fused-ring (bicyclic) bond motifs is 1. The van der Waals surface area contributed by atoms with E-state index >= 15 is 0 Å². The van der Waals surface area contributed by atoms with Gasteiger partial charge in [-0.15, -0.1) is 0 Å². The van der Waals surface area contributed by atoms with Crippen molar-refractivity contribution in [2.45, 2.75) is 45.4 Å². The van der Waals surface area contributed by atoms with Crippen LogP contribution < -0.4 is 4.74 Å². The molecule has 0 spiro atoms. The van der Waals surface area contributed by atoms with Crippen LogP contribution >= 0.6 is 0 Å². The van der Waals surface area contributed by atoms with E-state index in [-0.39, 0.29) is 5.78 Å². The zero-order valence-electron chi connectivity index (χ0n) is 14.6. The number of Topliss-reactive ketones (excluding diaryl/α,β-unsaturated/α-hetero) is 1. The van der Waals surface area contributed by atoms with E-state index in [1.807, 2.05) is 28.9 Å². The zero-order chi connectivity index (χ0) is 16.8. The average molecular weight is 324 g/mol. The summed E-state index contributed by atoms with van der Waals surface area (Å²) in [5.41, 5.74) is 4.02. The molecule has 4 rings (SSSR count). The Bertz CT molecular complexity index is 787. The molecule has 4 nitrogen and oxygen atoms in total. The first-order valence-electron chi connectivity index (χ1n) is 8.88. The van der Waals surface area contributed by atoms with Crippen LogP contribution in [-0.2, 0) is 6.42 Å². The van der Waals surface area contributed by atoms with Gasteiger partial charge in [0.05, 0.1) is 29.7 Å². The third kappa shape index (κ3) is 2.54. The Kier molecular flexibility index (Phi) is 3.70. The van der Waals surface area contributed by atoms with Crippen LogP contribution in [0.2, 0.25) is 0 Å². The maximum atomic E-state index is 12.8. The normalized spacial score (nSPS) is 20.3. The van der Waals surface area contributed by atoms with E-state index < -0.39 is 0 Å². The SMILES string of the molecule is COc1cccc(-n2nc(C3CC3)c3c2CC(C(C)C)CC3=O)c1. The van der Waals surface area contributed by atoms with E-state index in [1.54, 1.807) is 7.11 Å². The fourth-order valence-corrected chi connectivity index (χ4v) is 3.69. The first-order valence-corrected chi connectivity index (χ1v) is 8.88. The fraction of sp³-hybridized carbons (Fsp3) is 0.500. The van der Waals surface area contributed by atoms with Crippen molar-refractivity contribution in [1.82, 2.24) is 9.78 Å². The molecular weight excluding hydrogens is 300 g/mol. The van der Waals surface area contributed by atoms with Crippen molar-refractivity contribution >= 4 is 5.78 Å². The Labute approximate surface area is 142 Å². The Hall–Kier alpha value is -2.10. The second kappa shape index (κ2) is 5.76. The van der Waals surface area contributed by atoms with Crippen molar-refractivity contribution in [2.75, 3.05) is 7.11 Å². The molecule has 4 heteroatoms. The summed E-state index contributed by atoms with van der Waals surface area (Å²) in [4.78, 5) is 12.8. The lowest BCUT2D eigenvalue weighted by atomic mass is 9.79. The summed E-state index contributed by atoms with van der Waals surface area (Å²) < 4.78 is 7.36. The maximum absolute atomic E-state index is 12.8. The van der Waals surface area contributed by atoms with Gasteiger partial charge in [-0.2, -0.15) is 5.10 Å². The predicted molar refractivity (Wildman–Crippen MR) is 93.1 cm³/mol. The van der Waals surface area contributed by atoms with Crippen LogP contribution in [0.4, 0.5) is 0 Å². The monoisotopic (exact) mass is 324 g/mol. The Morgan fingerprint density at radius 2 is 2.04 bits per heavy atom. The lowest BCUT2D eigenvalue weighted by Crippen LogP contribution is -2.25. The fourth-order valence-electron chi connectivity index (χ4n) is 3.69. The van der Waals surface area contributed by atoms with Crippen molar-refractivity contribution in [2.24, 2.45) is 11.8 Å². The molecule has 24 heavy (non-hydrogen) atoms. The number of nitrogens with zero attached hydrogens (tertiary/aromatic N) is 2. The molecule has 0 amide bonds. The van der Waals surface area contributed by atoms with Gasteiger partial charge in [-0.1, -0.05) is 19.9 Å². The first-order chi connectivity index (χ1) is 11.6. The highest BCUT2D eigenvalue weighted by Gasteiger charge is 2.38. The molecule has 1 heterocycles. The van der Waals surface area contributed by atoms with E-state index in [2.05, 4.69) is 13.8 Å². The average Bonchev–Trinajstić information content (AvgIpc) is 3.35. The van der Waals surface area contributed by atoms with Crippen LogP contribution in [0.25, 0.3) is 5.69 Å². The minimum absolute atomic E-state index is 0.283. The highest BCUT2D eigenvalue weighted by Crippen LogP contribution is 2.44. The van der Waals surface area contributed by atoms with Crippen LogP contribution in [-0.4, -0.2) is 22.7 Å². The molecule has 2 aromatic rings. The molecule has 0 saturated heterocycles. The molecular formula is C20H24N2O2. The number of hydrogen-bond donors (Lipinski definition) is 0. The maximum Gasteiger partial charge on any atom is 0.166 e. The Morgan fingerprint density at radius 1 is 1.25 bits per heavy atom. The highest BCUT2D eigenvalue weighted by atomic mass is 16.5. The number of benzene rings is 1. The van der Waals surface area contributed by atoms with E-state index in [0.717, 1.165) is 47.7 Å². The van der Waals surface area contributed by atoms with Gasteiger partial charge in [-0.3, -0.25) is 4.79 Å². The second-order valence-electron chi connectivity index (χ2n) is 7.43. The molecule has 0 radical (unpaired) electrons. The van der Waals surface area contributed by atoms with Crippen molar-refractivity contribution in [1.29, 1.82) is 0 Å². The summed E-state index contributed by atoms with van der Waals surface area (Å²) in [6.45, 7) is 4.41. The second-order valence-corrected chi connectivity index (χ2v) is 7.43. The third-order valence-corrected chi connectivity index (χ3v) is 5.39. The van der Waals surface area contributed by atoms with Gasteiger partial charge in [0.2, 0.25) is 0 Å². The van der Waals surface area contributed by atoms with Crippen LogP contribution in [0.15, 0.2) is 24.3 Å². The summed E-state index contributed by atoms with van der Waals surface area (Å²) in [5, 5.41) is 4.88. The van der Waals surface area contributed by atoms with Gasteiger partial charge in [0, 0.05) is 18.4 Å². The summed E-state index contributed by atoms with van der Waals surface area (Å²) in [6.07, 6.45) is 3.90. The number of aromatic nitrogens is 2. The summed E-state index contributed by atoms with van der Waals surface area (Å²) in [7, 11) is 1.67. The lowest BCUT2D eigenvalue weighted by molar-refractivity contribution is 0.0931. The molecule has 2 aliphatic rings. The van der Waals surface area contributed by atoms with E-state index in [1.165, 1.54) is 0 Å². The number of carbonyl (C=O) groups is 1. The number of carbonyl (C=O) groups excluding carboxylic acids is 1. The third-order valence-electron chi connectivity index (χ3n) is 5.39. The molecule has 126 valence electrons. The van der Waals surface area contributed by atoms with Crippen molar-refractivity contribution in [3.63, 3.8) is 0 Å². The largest absolute Gasteiger partial charge is 0.497 e. The minimum Gasteiger partial charge on any atom is -0.497 e. The first kappa shape index (κ1) is 15.4. The van der Waals surface area contributed by atoms with Crippen molar-refractivity contribution in [3.8, 4) is 11.4 Å². The number of ketones is 1. The molecule has 1 aromatic carbocycles. The quantitative estimate of drug-likeness (QED) is 0.848. The van der Waals surface area contributed by atoms with Gasteiger partial charge < -0.3 is 4.74 Å². The van der Waals surface area contributed by atoms with Gasteiger partial charge in [-0.05, 0) is 43.2 Å². The zero-order valence-corrected chi connectivity index (χ0v) is 14.6. The standard InChI is InChI=1S/C20H24N2O2/c1-12(2)14-9-17-19(18(23)10-14)20(13-7-8-13)21-22(17)15-5-4-6-16(11-15)24-3/h4-6,11-14H,7-10H2,1-3H3. The molecule has 2 aliphatic carbocycles. The van der Waals surface area contributed by atoms with Crippen LogP contribution in [0.3, 0.4) is 0 Å². The van der Waals surface area contributed by atoms with Crippen LogP contribution in [0, 0.1) is 11.8 Å². The van der Waals surface area contributed by atoms with Gasteiger partial charge >= 0.3 is 0 Å². The topological polar surface area (TPSA) is 44.1 Å². The number of ether oxygens (including phenoxy) is 1. The highest BCUT2D eigenvalue weighted by molar-refractivity contribution is 6.00. The Balaban J connectivity index is 1.85.